The zero-order valence-corrected chi connectivity index (χ0v) is 9.25. The highest BCUT2D eigenvalue weighted by Crippen LogP contribution is 2.40. The van der Waals surface area contributed by atoms with Crippen molar-refractivity contribution < 1.29 is 0 Å². The van der Waals surface area contributed by atoms with Crippen LogP contribution in [0, 0.1) is 17.2 Å². The Labute approximate surface area is 90.9 Å². The Hall–Kier alpha value is -1.49. The summed E-state index contributed by atoms with van der Waals surface area (Å²) in [6, 6.07) is 9.78. The molecule has 78 valence electrons. The van der Waals surface area contributed by atoms with Gasteiger partial charge in [0, 0.05) is 11.2 Å². The molecule has 1 N–H and O–H groups in total. The summed E-state index contributed by atoms with van der Waals surface area (Å²) < 4.78 is 0. The summed E-state index contributed by atoms with van der Waals surface area (Å²) in [6.45, 7) is 4.48. The Morgan fingerprint density at radius 2 is 1.87 bits per heavy atom. The van der Waals surface area contributed by atoms with Crippen LogP contribution in [0.15, 0.2) is 24.3 Å². The maximum absolute atomic E-state index is 8.69. The van der Waals surface area contributed by atoms with Crippen LogP contribution in [0.25, 0.3) is 0 Å². The Morgan fingerprint density at radius 3 is 2.33 bits per heavy atom. The van der Waals surface area contributed by atoms with Crippen LogP contribution in [0.1, 0.15) is 32.3 Å². The summed E-state index contributed by atoms with van der Waals surface area (Å²) in [5.41, 5.74) is 1.99. The zero-order chi connectivity index (χ0) is 10.9. The third-order valence-corrected chi connectivity index (χ3v) is 3.08. The maximum atomic E-state index is 8.69. The van der Waals surface area contributed by atoms with E-state index in [1.807, 2.05) is 24.3 Å². The topological polar surface area (TPSA) is 35.8 Å². The second-order valence-corrected chi connectivity index (χ2v) is 4.81. The average molecular weight is 200 g/mol. The molecule has 1 fully saturated rings. The first kappa shape index (κ1) is 10.0. The molecule has 1 aromatic carbocycles. The third-order valence-electron chi connectivity index (χ3n) is 3.08. The van der Waals surface area contributed by atoms with Gasteiger partial charge in [-0.2, -0.15) is 5.26 Å². The Kier molecular flexibility index (Phi) is 2.40. The first-order valence-electron chi connectivity index (χ1n) is 5.40. The highest BCUT2D eigenvalue weighted by Gasteiger charge is 2.37. The van der Waals surface area contributed by atoms with Gasteiger partial charge in [0.05, 0.1) is 11.6 Å². The van der Waals surface area contributed by atoms with Gasteiger partial charge >= 0.3 is 0 Å². The first-order chi connectivity index (χ1) is 7.12. The van der Waals surface area contributed by atoms with Crippen molar-refractivity contribution in [1.82, 2.24) is 0 Å². The fourth-order valence-corrected chi connectivity index (χ4v) is 1.91. The van der Waals surface area contributed by atoms with Crippen molar-refractivity contribution in [2.24, 2.45) is 5.92 Å². The van der Waals surface area contributed by atoms with Gasteiger partial charge in [0.2, 0.25) is 0 Å². The second-order valence-electron chi connectivity index (χ2n) is 4.81. The van der Waals surface area contributed by atoms with Crippen molar-refractivity contribution in [2.75, 3.05) is 5.32 Å². The van der Waals surface area contributed by atoms with Crippen molar-refractivity contribution in [3.8, 4) is 6.07 Å². The van der Waals surface area contributed by atoms with E-state index in [0.29, 0.717) is 5.56 Å². The third kappa shape index (κ3) is 2.30. The molecule has 0 aliphatic heterocycles. The van der Waals surface area contributed by atoms with E-state index >= 15 is 0 Å². The number of nitrogens with one attached hydrogen (secondary N) is 1. The number of nitriles is 1. The highest BCUT2D eigenvalue weighted by molar-refractivity contribution is 5.49. The lowest BCUT2D eigenvalue weighted by molar-refractivity contribution is 0.494. The van der Waals surface area contributed by atoms with Gasteiger partial charge in [0.15, 0.2) is 0 Å². The van der Waals surface area contributed by atoms with E-state index in [-0.39, 0.29) is 5.54 Å². The van der Waals surface area contributed by atoms with Crippen molar-refractivity contribution in [1.29, 1.82) is 5.26 Å². The predicted octanol–water partition coefficient (Wildman–Crippen LogP) is 3.16. The molecule has 0 spiro atoms. The monoisotopic (exact) mass is 200 g/mol. The van der Waals surface area contributed by atoms with E-state index in [9.17, 15) is 0 Å². The molecule has 15 heavy (non-hydrogen) atoms. The van der Waals surface area contributed by atoms with Crippen molar-refractivity contribution >= 4 is 5.69 Å². The SMILES string of the molecule is CC(C)(Nc1ccc(C#N)cc1)C1CC1. The van der Waals surface area contributed by atoms with Crippen molar-refractivity contribution in [2.45, 2.75) is 32.2 Å². The van der Waals surface area contributed by atoms with Gasteiger partial charge in [0.25, 0.3) is 0 Å². The molecule has 0 saturated heterocycles. The van der Waals surface area contributed by atoms with Gasteiger partial charge in [0.1, 0.15) is 0 Å². The number of anilines is 1. The number of rotatable bonds is 3. The van der Waals surface area contributed by atoms with Crippen LogP contribution in [0.3, 0.4) is 0 Å². The molecule has 2 rings (SSSR count). The van der Waals surface area contributed by atoms with Crippen LogP contribution in [-0.2, 0) is 0 Å². The predicted molar refractivity (Wildman–Crippen MR) is 61.6 cm³/mol. The minimum atomic E-state index is 0.175. The summed E-state index contributed by atoms with van der Waals surface area (Å²) >= 11 is 0. The normalized spacial score (nSPS) is 15.8. The van der Waals surface area contributed by atoms with Crippen LogP contribution in [-0.4, -0.2) is 5.54 Å². The minimum absolute atomic E-state index is 0.175. The minimum Gasteiger partial charge on any atom is -0.380 e. The van der Waals surface area contributed by atoms with Crippen LogP contribution < -0.4 is 5.32 Å². The smallest absolute Gasteiger partial charge is 0.0991 e. The van der Waals surface area contributed by atoms with Crippen LogP contribution >= 0.6 is 0 Å². The van der Waals surface area contributed by atoms with Crippen molar-refractivity contribution in [3.05, 3.63) is 29.8 Å². The van der Waals surface area contributed by atoms with E-state index in [0.717, 1.165) is 11.6 Å². The van der Waals surface area contributed by atoms with Crippen molar-refractivity contribution in [3.63, 3.8) is 0 Å². The fraction of sp³-hybridized carbons (Fsp3) is 0.462. The van der Waals surface area contributed by atoms with E-state index in [1.54, 1.807) is 0 Å². The molecular weight excluding hydrogens is 184 g/mol. The number of benzene rings is 1. The zero-order valence-electron chi connectivity index (χ0n) is 9.25. The summed E-state index contributed by atoms with van der Waals surface area (Å²) in [6.07, 6.45) is 2.66. The highest BCUT2D eigenvalue weighted by atomic mass is 15.0. The molecular formula is C13H16N2. The van der Waals surface area contributed by atoms with Crippen LogP contribution in [0.4, 0.5) is 5.69 Å². The summed E-state index contributed by atoms with van der Waals surface area (Å²) in [5.74, 6) is 0.799. The Balaban J connectivity index is 2.07. The summed E-state index contributed by atoms with van der Waals surface area (Å²) in [4.78, 5) is 0. The molecule has 0 unspecified atom stereocenters. The lowest BCUT2D eigenvalue weighted by atomic mass is 9.98. The van der Waals surface area contributed by atoms with Crippen LogP contribution in [0.5, 0.6) is 0 Å². The number of hydrogen-bond donors (Lipinski definition) is 1. The van der Waals surface area contributed by atoms with E-state index in [1.165, 1.54) is 12.8 Å². The molecule has 1 saturated carbocycles. The standard InChI is InChI=1S/C13H16N2/c1-13(2,11-5-6-11)15-12-7-3-10(9-14)4-8-12/h3-4,7-8,11,15H,5-6H2,1-2H3. The first-order valence-corrected chi connectivity index (χ1v) is 5.40. The Bertz CT molecular complexity index is 380. The molecule has 0 heterocycles. The molecule has 1 aliphatic rings. The lowest BCUT2D eigenvalue weighted by Crippen LogP contribution is -2.33. The van der Waals surface area contributed by atoms with E-state index in [4.69, 9.17) is 5.26 Å². The van der Waals surface area contributed by atoms with Gasteiger partial charge in [-0.25, -0.2) is 0 Å². The van der Waals surface area contributed by atoms with Gasteiger partial charge in [-0.15, -0.1) is 0 Å². The number of nitrogens with zero attached hydrogens (tertiary/aromatic N) is 1. The van der Waals surface area contributed by atoms with Gasteiger partial charge in [-0.3, -0.25) is 0 Å². The Morgan fingerprint density at radius 1 is 1.27 bits per heavy atom. The average Bonchev–Trinajstić information content (AvgIpc) is 3.01. The summed E-state index contributed by atoms with van der Waals surface area (Å²) in [7, 11) is 0. The number of hydrogen-bond acceptors (Lipinski definition) is 2. The lowest BCUT2D eigenvalue weighted by Gasteiger charge is -2.27. The van der Waals surface area contributed by atoms with E-state index in [2.05, 4.69) is 25.2 Å². The maximum Gasteiger partial charge on any atom is 0.0991 e. The second kappa shape index (κ2) is 3.58. The molecule has 0 radical (unpaired) electrons. The quantitative estimate of drug-likeness (QED) is 0.813. The van der Waals surface area contributed by atoms with E-state index < -0.39 is 0 Å². The fourth-order valence-electron chi connectivity index (χ4n) is 1.91. The molecule has 0 aromatic heterocycles. The summed E-state index contributed by atoms with van der Waals surface area (Å²) in [5, 5.41) is 12.2. The van der Waals surface area contributed by atoms with Gasteiger partial charge in [-0.1, -0.05) is 0 Å². The largest absolute Gasteiger partial charge is 0.380 e. The molecule has 0 bridgehead atoms. The molecule has 0 amide bonds. The molecule has 0 atom stereocenters. The van der Waals surface area contributed by atoms with Gasteiger partial charge < -0.3 is 5.32 Å². The molecule has 2 heteroatoms. The molecule has 2 nitrogen and oxygen atoms in total. The van der Waals surface area contributed by atoms with Crippen LogP contribution in [0.2, 0.25) is 0 Å². The molecule has 1 aromatic rings. The molecule has 1 aliphatic carbocycles. The van der Waals surface area contributed by atoms with Gasteiger partial charge in [-0.05, 0) is 56.9 Å².